The van der Waals surface area contributed by atoms with Crippen LogP contribution in [0.3, 0.4) is 0 Å². The second-order valence-corrected chi connectivity index (χ2v) is 5.90. The van der Waals surface area contributed by atoms with Gasteiger partial charge >= 0.3 is 0 Å². The van der Waals surface area contributed by atoms with Crippen LogP contribution in [0.25, 0.3) is 0 Å². The molecule has 0 spiro atoms. The van der Waals surface area contributed by atoms with Crippen molar-refractivity contribution in [2.24, 2.45) is 11.1 Å². The van der Waals surface area contributed by atoms with Crippen molar-refractivity contribution in [1.82, 2.24) is 0 Å². The lowest BCUT2D eigenvalue weighted by molar-refractivity contribution is 0.273. The third-order valence-corrected chi connectivity index (χ3v) is 2.47. The summed E-state index contributed by atoms with van der Waals surface area (Å²) in [7, 11) is -4.42. The lowest BCUT2D eigenvalue weighted by Gasteiger charge is -2.10. The van der Waals surface area contributed by atoms with Gasteiger partial charge in [-0.1, -0.05) is 45.0 Å². The zero-order chi connectivity index (χ0) is 15.1. The highest BCUT2D eigenvalue weighted by Crippen LogP contribution is 2.16. The van der Waals surface area contributed by atoms with Crippen molar-refractivity contribution < 1.29 is 18.1 Å². The van der Waals surface area contributed by atoms with Crippen LogP contribution >= 0.6 is 0 Å². The first-order valence-electron chi connectivity index (χ1n) is 6.06. The molecule has 0 aliphatic carbocycles. The molecule has 0 aromatic heterocycles. The number of hydrogen-bond donors (Lipinski definition) is 2. The van der Waals surface area contributed by atoms with E-state index in [1.165, 1.54) is 11.1 Å². The van der Waals surface area contributed by atoms with Crippen molar-refractivity contribution in [1.29, 1.82) is 0 Å². The Balaban J connectivity index is 0.000000555. The number of benzene rings is 1. The molecular weight excluding hydrogens is 266 g/mol. The molecule has 0 saturated carbocycles. The van der Waals surface area contributed by atoms with Gasteiger partial charge in [0.15, 0.2) is 10.3 Å². The van der Waals surface area contributed by atoms with Gasteiger partial charge in [0.2, 0.25) is 0 Å². The van der Waals surface area contributed by atoms with Gasteiger partial charge in [0.1, 0.15) is 0 Å². The van der Waals surface area contributed by atoms with Gasteiger partial charge in [-0.15, -0.1) is 0 Å². The molecule has 6 heteroatoms. The minimum absolute atomic E-state index is 0.226. The average Bonchev–Trinajstić information content (AvgIpc) is 2.26. The van der Waals surface area contributed by atoms with Gasteiger partial charge in [0.05, 0.1) is 0 Å². The molecule has 1 rings (SSSR count). The van der Waals surface area contributed by atoms with Gasteiger partial charge < -0.3 is 9.66 Å². The Morgan fingerprint density at radius 2 is 1.63 bits per heavy atom. The number of aliphatic hydroxyl groups is 1. The van der Waals surface area contributed by atoms with Crippen LogP contribution < -0.4 is 5.14 Å². The van der Waals surface area contributed by atoms with E-state index in [0.717, 1.165) is 6.42 Å². The lowest BCUT2D eigenvalue weighted by atomic mass is 9.97. The molecule has 0 heterocycles. The zero-order valence-electron chi connectivity index (χ0n) is 11.5. The van der Waals surface area contributed by atoms with E-state index in [0.29, 0.717) is 5.92 Å². The maximum Gasteiger partial charge on any atom is 0.156 e. The Hall–Kier alpha value is -0.950. The molecule has 0 aliphatic rings. The van der Waals surface area contributed by atoms with E-state index < -0.39 is 10.3 Å². The molecule has 110 valence electrons. The quantitative estimate of drug-likeness (QED) is 0.817. The van der Waals surface area contributed by atoms with Crippen LogP contribution in [-0.2, 0) is 16.7 Å². The largest absolute Gasteiger partial charge is 0.736 e. The summed E-state index contributed by atoms with van der Waals surface area (Å²) in [5.74, 6) is 0.958. The third-order valence-electron chi connectivity index (χ3n) is 2.47. The normalized spacial score (nSPS) is 12.8. The lowest BCUT2D eigenvalue weighted by Crippen LogP contribution is -2.08. The molecular formula is C13H22NO4S-. The highest BCUT2D eigenvalue weighted by atomic mass is 32.2. The van der Waals surface area contributed by atoms with Crippen molar-refractivity contribution in [2.45, 2.75) is 33.1 Å². The second-order valence-electron chi connectivity index (χ2n) is 4.92. The Morgan fingerprint density at radius 3 is 1.95 bits per heavy atom. The van der Waals surface area contributed by atoms with Gasteiger partial charge in [0.25, 0.3) is 0 Å². The van der Waals surface area contributed by atoms with Crippen LogP contribution in [0.4, 0.5) is 0 Å². The first kappa shape index (κ1) is 18.0. The van der Waals surface area contributed by atoms with Gasteiger partial charge in [-0.25, -0.2) is 13.6 Å². The monoisotopic (exact) mass is 288 g/mol. The smallest absolute Gasteiger partial charge is 0.156 e. The molecule has 1 atom stereocenters. The van der Waals surface area contributed by atoms with Crippen LogP contribution in [0.1, 0.15) is 37.8 Å². The fourth-order valence-corrected chi connectivity index (χ4v) is 1.56. The molecule has 0 amide bonds. The average molecular weight is 288 g/mol. The van der Waals surface area contributed by atoms with Gasteiger partial charge in [-0.05, 0) is 23.5 Å². The van der Waals surface area contributed by atoms with Crippen LogP contribution in [0.5, 0.6) is 0 Å². The van der Waals surface area contributed by atoms with E-state index in [-0.39, 0.29) is 12.5 Å². The Morgan fingerprint density at radius 1 is 1.21 bits per heavy atom. The van der Waals surface area contributed by atoms with Crippen molar-refractivity contribution in [3.8, 4) is 0 Å². The molecule has 0 aliphatic heterocycles. The van der Waals surface area contributed by atoms with Crippen molar-refractivity contribution in [2.75, 3.05) is 6.61 Å². The van der Waals surface area contributed by atoms with E-state index in [4.69, 9.17) is 18.1 Å². The molecule has 0 fully saturated rings. The van der Waals surface area contributed by atoms with Gasteiger partial charge in [-0.2, -0.15) is 0 Å². The van der Waals surface area contributed by atoms with Crippen LogP contribution in [-0.4, -0.2) is 24.7 Å². The zero-order valence-corrected chi connectivity index (χ0v) is 12.4. The predicted molar refractivity (Wildman–Crippen MR) is 74.4 cm³/mol. The molecule has 0 bridgehead atoms. The number of hydrogen-bond acceptors (Lipinski definition) is 4. The summed E-state index contributed by atoms with van der Waals surface area (Å²) in [5.41, 5.74) is 2.61. The fourth-order valence-electron chi connectivity index (χ4n) is 1.56. The maximum atomic E-state index is 9.00. The highest BCUT2D eigenvalue weighted by molar-refractivity contribution is 7.83. The minimum Gasteiger partial charge on any atom is -0.736 e. The molecule has 5 nitrogen and oxygen atoms in total. The van der Waals surface area contributed by atoms with E-state index >= 15 is 0 Å². The SMILES string of the molecule is CC(C)Cc1ccc(C(C)CO)cc1.NS(=O)(=O)[O-]. The molecule has 1 unspecified atom stereocenters. The van der Waals surface area contributed by atoms with E-state index in [1.54, 1.807) is 0 Å². The van der Waals surface area contributed by atoms with Gasteiger partial charge in [-0.3, -0.25) is 0 Å². The van der Waals surface area contributed by atoms with Crippen molar-refractivity contribution in [3.63, 3.8) is 0 Å². The molecule has 0 radical (unpaired) electrons. The first-order valence-corrected chi connectivity index (χ1v) is 7.54. The molecule has 1 aromatic rings. The Kier molecular flexibility index (Phi) is 7.85. The number of nitrogens with two attached hydrogens (primary N) is 1. The molecule has 3 N–H and O–H groups in total. The molecule has 1 aromatic carbocycles. The van der Waals surface area contributed by atoms with Crippen molar-refractivity contribution >= 4 is 10.3 Å². The minimum atomic E-state index is -4.42. The van der Waals surface area contributed by atoms with E-state index in [1.807, 2.05) is 6.92 Å². The Bertz CT molecular complexity index is 446. The van der Waals surface area contributed by atoms with Crippen molar-refractivity contribution in [3.05, 3.63) is 35.4 Å². The standard InChI is InChI=1S/C13H20O.H3NO3S/c1-10(2)8-12-4-6-13(7-5-12)11(3)9-14;1-5(2,3)4/h4-7,10-11,14H,8-9H2,1-3H3;(H3,1,2,3,4)/p-1. The summed E-state index contributed by atoms with van der Waals surface area (Å²) in [6.07, 6.45) is 1.13. The summed E-state index contributed by atoms with van der Waals surface area (Å²) in [5, 5.41) is 12.8. The third kappa shape index (κ3) is 10.6. The summed E-state index contributed by atoms with van der Waals surface area (Å²) in [4.78, 5) is 0. The second kappa shape index (κ2) is 8.27. The topological polar surface area (TPSA) is 103 Å². The summed E-state index contributed by atoms with van der Waals surface area (Å²) < 4.78 is 26.6. The first-order chi connectivity index (χ1) is 8.63. The van der Waals surface area contributed by atoms with Gasteiger partial charge in [0, 0.05) is 12.5 Å². The molecule has 19 heavy (non-hydrogen) atoms. The fraction of sp³-hybridized carbons (Fsp3) is 0.538. The Labute approximate surface area is 115 Å². The van der Waals surface area contributed by atoms with Crippen LogP contribution in [0, 0.1) is 5.92 Å². The number of rotatable bonds is 4. The van der Waals surface area contributed by atoms with E-state index in [2.05, 4.69) is 43.3 Å². The maximum absolute atomic E-state index is 9.00. The van der Waals surface area contributed by atoms with E-state index in [9.17, 15) is 0 Å². The predicted octanol–water partition coefficient (Wildman–Crippen LogP) is 1.39. The summed E-state index contributed by atoms with van der Waals surface area (Å²) >= 11 is 0. The summed E-state index contributed by atoms with van der Waals surface area (Å²) in [6, 6.07) is 8.58. The highest BCUT2D eigenvalue weighted by Gasteiger charge is 2.03. The summed E-state index contributed by atoms with van der Waals surface area (Å²) in [6.45, 7) is 6.72. The molecule has 0 saturated heterocycles. The van der Waals surface area contributed by atoms with Crippen LogP contribution in [0.2, 0.25) is 0 Å². The van der Waals surface area contributed by atoms with Crippen LogP contribution in [0.15, 0.2) is 24.3 Å². The number of aliphatic hydroxyl groups excluding tert-OH is 1.